The Labute approximate surface area is 171 Å². The largest absolute Gasteiger partial charge is 0.257 e. The molecule has 2 atom stereocenters. The second-order valence-electron chi connectivity index (χ2n) is 7.85. The molecule has 0 fully saturated rings. The summed E-state index contributed by atoms with van der Waals surface area (Å²) in [6.07, 6.45) is 0. The van der Waals surface area contributed by atoms with Gasteiger partial charge in [-0.3, -0.25) is 5.01 Å². The molecule has 0 radical (unpaired) electrons. The molecule has 0 spiro atoms. The monoisotopic (exact) mass is 384 g/mol. The Bertz CT molecular complexity index is 1010. The van der Waals surface area contributed by atoms with Gasteiger partial charge in [-0.2, -0.15) is 5.10 Å². The summed E-state index contributed by atoms with van der Waals surface area (Å²) in [7, 11) is 0. The van der Waals surface area contributed by atoms with Crippen LogP contribution >= 0.6 is 11.8 Å². The minimum Gasteiger partial charge on any atom is -0.257 e. The van der Waals surface area contributed by atoms with Gasteiger partial charge in [-0.05, 0) is 35.2 Å². The quantitative estimate of drug-likeness (QED) is 0.512. The number of hydrazone groups is 1. The maximum absolute atomic E-state index is 5.17. The molecular formula is C25H24N2S. The van der Waals surface area contributed by atoms with E-state index in [0.717, 1.165) is 11.4 Å². The minimum absolute atomic E-state index is 0.236. The third-order valence-corrected chi connectivity index (χ3v) is 6.95. The molecule has 0 amide bonds. The SMILES string of the molecule is CC(C)c1ccc(C2C3CSc4ccccc4C3=NN2c2ccccc2)cc1. The van der Waals surface area contributed by atoms with Crippen LogP contribution in [-0.4, -0.2) is 11.5 Å². The maximum Gasteiger partial charge on any atom is 0.0868 e. The van der Waals surface area contributed by atoms with Gasteiger partial charge in [0.25, 0.3) is 0 Å². The van der Waals surface area contributed by atoms with Crippen LogP contribution < -0.4 is 5.01 Å². The van der Waals surface area contributed by atoms with Crippen LogP contribution in [0, 0.1) is 5.92 Å². The highest BCUT2D eigenvalue weighted by atomic mass is 32.2. The normalized spacial score (nSPS) is 20.7. The van der Waals surface area contributed by atoms with E-state index < -0.39 is 0 Å². The molecule has 28 heavy (non-hydrogen) atoms. The lowest BCUT2D eigenvalue weighted by atomic mass is 9.87. The first-order valence-corrected chi connectivity index (χ1v) is 11.0. The van der Waals surface area contributed by atoms with Crippen molar-refractivity contribution in [2.45, 2.75) is 30.7 Å². The molecule has 2 heterocycles. The number of anilines is 1. The average Bonchev–Trinajstić information content (AvgIpc) is 3.14. The van der Waals surface area contributed by atoms with E-state index in [0.29, 0.717) is 11.8 Å². The number of thioether (sulfide) groups is 1. The minimum atomic E-state index is 0.236. The van der Waals surface area contributed by atoms with E-state index in [4.69, 9.17) is 5.10 Å². The van der Waals surface area contributed by atoms with Crippen LogP contribution in [-0.2, 0) is 0 Å². The van der Waals surface area contributed by atoms with Crippen molar-refractivity contribution in [3.8, 4) is 0 Å². The molecular weight excluding hydrogens is 360 g/mol. The van der Waals surface area contributed by atoms with Gasteiger partial charge in [0.05, 0.1) is 17.4 Å². The lowest BCUT2D eigenvalue weighted by Crippen LogP contribution is -2.29. The lowest BCUT2D eigenvalue weighted by molar-refractivity contribution is 0.593. The highest BCUT2D eigenvalue weighted by Gasteiger charge is 2.42. The number of hydrogen-bond donors (Lipinski definition) is 0. The molecule has 3 heteroatoms. The van der Waals surface area contributed by atoms with Gasteiger partial charge in [-0.1, -0.05) is 74.5 Å². The van der Waals surface area contributed by atoms with Crippen molar-refractivity contribution in [2.75, 3.05) is 10.8 Å². The Morgan fingerprint density at radius 1 is 0.893 bits per heavy atom. The van der Waals surface area contributed by atoms with E-state index >= 15 is 0 Å². The van der Waals surface area contributed by atoms with Gasteiger partial charge >= 0.3 is 0 Å². The van der Waals surface area contributed by atoms with E-state index in [1.165, 1.54) is 27.3 Å². The van der Waals surface area contributed by atoms with Crippen molar-refractivity contribution in [3.63, 3.8) is 0 Å². The van der Waals surface area contributed by atoms with Gasteiger partial charge in [-0.15, -0.1) is 11.8 Å². The van der Waals surface area contributed by atoms with Gasteiger partial charge in [-0.25, -0.2) is 0 Å². The zero-order valence-electron chi connectivity index (χ0n) is 16.2. The Morgan fingerprint density at radius 3 is 2.36 bits per heavy atom. The molecule has 2 aliphatic heterocycles. The van der Waals surface area contributed by atoms with E-state index in [1.807, 2.05) is 11.8 Å². The summed E-state index contributed by atoms with van der Waals surface area (Å²) in [5, 5.41) is 7.42. The molecule has 0 bridgehead atoms. The smallest absolute Gasteiger partial charge is 0.0868 e. The first-order chi connectivity index (χ1) is 13.7. The number of benzene rings is 3. The third-order valence-electron chi connectivity index (χ3n) is 5.76. The molecule has 140 valence electrons. The van der Waals surface area contributed by atoms with Crippen molar-refractivity contribution in [1.82, 2.24) is 0 Å². The summed E-state index contributed by atoms with van der Waals surface area (Å²) >= 11 is 1.96. The first kappa shape index (κ1) is 17.6. The zero-order valence-corrected chi connectivity index (χ0v) is 17.1. The molecule has 2 nitrogen and oxygen atoms in total. The predicted octanol–water partition coefficient (Wildman–Crippen LogP) is 6.50. The van der Waals surface area contributed by atoms with E-state index in [1.54, 1.807) is 0 Å². The molecule has 0 saturated heterocycles. The molecule has 2 aliphatic rings. The van der Waals surface area contributed by atoms with Gasteiger partial charge in [0.15, 0.2) is 0 Å². The number of fused-ring (bicyclic) bond motifs is 3. The fourth-order valence-electron chi connectivity index (χ4n) is 4.23. The third kappa shape index (κ3) is 2.94. The molecule has 2 unspecified atom stereocenters. The summed E-state index contributed by atoms with van der Waals surface area (Å²) in [5.41, 5.74) is 6.42. The number of hydrogen-bond acceptors (Lipinski definition) is 3. The Morgan fingerprint density at radius 2 is 1.61 bits per heavy atom. The number of rotatable bonds is 3. The van der Waals surface area contributed by atoms with Crippen molar-refractivity contribution < 1.29 is 0 Å². The van der Waals surface area contributed by atoms with Crippen LogP contribution in [0.2, 0.25) is 0 Å². The van der Waals surface area contributed by atoms with E-state index in [2.05, 4.69) is 97.7 Å². The van der Waals surface area contributed by atoms with Crippen LogP contribution in [0.3, 0.4) is 0 Å². The van der Waals surface area contributed by atoms with Crippen LogP contribution in [0.5, 0.6) is 0 Å². The molecule has 0 saturated carbocycles. The second kappa shape index (κ2) is 7.14. The maximum atomic E-state index is 5.17. The Kier molecular flexibility index (Phi) is 4.48. The van der Waals surface area contributed by atoms with Crippen molar-refractivity contribution >= 4 is 23.2 Å². The molecule has 3 aromatic carbocycles. The summed E-state index contributed by atoms with van der Waals surface area (Å²) in [6, 6.07) is 28.7. The van der Waals surface area contributed by atoms with Gasteiger partial charge < -0.3 is 0 Å². The Hall–Kier alpha value is -2.52. The summed E-state index contributed by atoms with van der Waals surface area (Å²) in [4.78, 5) is 1.35. The van der Waals surface area contributed by atoms with Gasteiger partial charge in [0, 0.05) is 22.1 Å². The van der Waals surface area contributed by atoms with Crippen LogP contribution in [0.1, 0.15) is 42.5 Å². The molecule has 0 aliphatic carbocycles. The first-order valence-electron chi connectivity index (χ1n) is 9.97. The predicted molar refractivity (Wildman–Crippen MR) is 119 cm³/mol. The molecule has 0 N–H and O–H groups in total. The van der Waals surface area contributed by atoms with Crippen LogP contribution in [0.4, 0.5) is 5.69 Å². The highest BCUT2D eigenvalue weighted by Crippen LogP contribution is 2.47. The van der Waals surface area contributed by atoms with Crippen LogP contribution in [0.25, 0.3) is 0 Å². The fraction of sp³-hybridized carbons (Fsp3) is 0.240. The highest BCUT2D eigenvalue weighted by molar-refractivity contribution is 7.99. The van der Waals surface area contributed by atoms with Gasteiger partial charge in [0.2, 0.25) is 0 Å². The standard InChI is InChI=1S/C25H24N2S/c1-17(2)18-12-14-19(15-13-18)25-22-16-28-23-11-7-6-10-21(23)24(22)26-27(25)20-8-4-3-5-9-20/h3-15,17,22,25H,16H2,1-2H3. The summed E-state index contributed by atoms with van der Waals surface area (Å²) in [5.74, 6) is 2.01. The van der Waals surface area contributed by atoms with Crippen molar-refractivity contribution in [2.24, 2.45) is 11.0 Å². The molecule has 3 aromatic rings. The summed E-state index contributed by atoms with van der Waals surface area (Å²) < 4.78 is 0. The second-order valence-corrected chi connectivity index (χ2v) is 8.91. The van der Waals surface area contributed by atoms with Crippen LogP contribution in [0.15, 0.2) is 88.9 Å². The Balaban J connectivity index is 1.61. The van der Waals surface area contributed by atoms with Crippen molar-refractivity contribution in [1.29, 1.82) is 0 Å². The summed E-state index contributed by atoms with van der Waals surface area (Å²) in [6.45, 7) is 4.49. The molecule has 0 aromatic heterocycles. The topological polar surface area (TPSA) is 15.6 Å². The number of nitrogens with zero attached hydrogens (tertiary/aromatic N) is 2. The van der Waals surface area contributed by atoms with E-state index in [-0.39, 0.29) is 6.04 Å². The lowest BCUT2D eigenvalue weighted by Gasteiger charge is -2.30. The van der Waals surface area contributed by atoms with Crippen molar-refractivity contribution in [3.05, 3.63) is 95.6 Å². The average molecular weight is 385 g/mol. The van der Waals surface area contributed by atoms with E-state index in [9.17, 15) is 0 Å². The molecule has 5 rings (SSSR count). The zero-order chi connectivity index (χ0) is 19.1. The number of para-hydroxylation sites is 1. The fourth-order valence-corrected chi connectivity index (χ4v) is 5.43. The van der Waals surface area contributed by atoms with Gasteiger partial charge in [0.1, 0.15) is 0 Å².